The number of likely N-dealkylation sites (tertiary alicyclic amines) is 1. The average molecular weight is 286 g/mol. The molecule has 6 nitrogen and oxygen atoms in total. The monoisotopic (exact) mass is 286 g/mol. The van der Waals surface area contributed by atoms with E-state index in [-0.39, 0.29) is 5.91 Å². The first-order valence-corrected chi connectivity index (χ1v) is 7.05. The van der Waals surface area contributed by atoms with Gasteiger partial charge in [0.15, 0.2) is 17.4 Å². The summed E-state index contributed by atoms with van der Waals surface area (Å²) in [7, 11) is 0. The number of oxazole rings is 1. The van der Waals surface area contributed by atoms with Crippen molar-refractivity contribution in [1.29, 1.82) is 0 Å². The fourth-order valence-electron chi connectivity index (χ4n) is 2.83. The standard InChI is InChI=1S/C15H18N4O2/c1-10-5-7-16-14(17-10)15(3)6-4-8-19(15)13(20)12-9-21-11(2)18-12/h5,7,9H,4,6,8H2,1-3H3/t15-/m0/s1. The van der Waals surface area contributed by atoms with E-state index in [9.17, 15) is 4.79 Å². The highest BCUT2D eigenvalue weighted by Gasteiger charge is 2.44. The van der Waals surface area contributed by atoms with Gasteiger partial charge in [0.1, 0.15) is 11.8 Å². The highest BCUT2D eigenvalue weighted by molar-refractivity contribution is 5.92. The Morgan fingerprint density at radius 2 is 2.19 bits per heavy atom. The number of nitrogens with zero attached hydrogens (tertiary/aromatic N) is 4. The van der Waals surface area contributed by atoms with Crippen LogP contribution in [0.2, 0.25) is 0 Å². The van der Waals surface area contributed by atoms with Gasteiger partial charge >= 0.3 is 0 Å². The third-order valence-corrected chi connectivity index (χ3v) is 4.00. The van der Waals surface area contributed by atoms with Gasteiger partial charge in [-0.2, -0.15) is 0 Å². The predicted molar refractivity (Wildman–Crippen MR) is 75.6 cm³/mol. The van der Waals surface area contributed by atoms with Crippen molar-refractivity contribution in [3.8, 4) is 0 Å². The zero-order valence-electron chi connectivity index (χ0n) is 12.5. The maximum absolute atomic E-state index is 12.7. The highest BCUT2D eigenvalue weighted by Crippen LogP contribution is 2.37. The minimum atomic E-state index is -0.490. The van der Waals surface area contributed by atoms with Gasteiger partial charge in [0.05, 0.1) is 0 Å². The van der Waals surface area contributed by atoms with Crippen molar-refractivity contribution < 1.29 is 9.21 Å². The van der Waals surface area contributed by atoms with Crippen LogP contribution in [0.1, 0.15) is 47.7 Å². The van der Waals surface area contributed by atoms with E-state index in [0.717, 1.165) is 18.5 Å². The lowest BCUT2D eigenvalue weighted by Gasteiger charge is -2.33. The second kappa shape index (κ2) is 4.95. The Kier molecular flexibility index (Phi) is 3.23. The van der Waals surface area contributed by atoms with Crippen molar-refractivity contribution in [2.45, 2.75) is 39.2 Å². The maximum atomic E-state index is 12.7. The molecule has 0 spiro atoms. The second-order valence-corrected chi connectivity index (χ2v) is 5.61. The number of hydrogen-bond acceptors (Lipinski definition) is 5. The van der Waals surface area contributed by atoms with Crippen LogP contribution in [0.5, 0.6) is 0 Å². The molecule has 0 bridgehead atoms. The molecule has 0 N–H and O–H groups in total. The molecule has 3 rings (SSSR count). The summed E-state index contributed by atoms with van der Waals surface area (Å²) in [6.45, 7) is 6.35. The van der Waals surface area contributed by atoms with Crippen LogP contribution in [0.3, 0.4) is 0 Å². The van der Waals surface area contributed by atoms with Gasteiger partial charge in [-0.3, -0.25) is 4.79 Å². The van der Waals surface area contributed by atoms with Crippen LogP contribution in [0.4, 0.5) is 0 Å². The van der Waals surface area contributed by atoms with Gasteiger partial charge in [-0.1, -0.05) is 0 Å². The molecule has 21 heavy (non-hydrogen) atoms. The van der Waals surface area contributed by atoms with Gasteiger partial charge in [0.2, 0.25) is 0 Å². The Hall–Kier alpha value is -2.24. The molecule has 2 aromatic heterocycles. The normalized spacial score (nSPS) is 21.8. The molecule has 0 saturated carbocycles. The molecule has 0 aromatic carbocycles. The van der Waals surface area contributed by atoms with Crippen molar-refractivity contribution >= 4 is 5.91 Å². The molecule has 110 valence electrons. The van der Waals surface area contributed by atoms with Crippen LogP contribution in [0, 0.1) is 13.8 Å². The van der Waals surface area contributed by atoms with Crippen molar-refractivity contribution in [3.63, 3.8) is 0 Å². The van der Waals surface area contributed by atoms with Gasteiger partial charge in [-0.15, -0.1) is 0 Å². The van der Waals surface area contributed by atoms with Crippen LogP contribution in [0.25, 0.3) is 0 Å². The Morgan fingerprint density at radius 1 is 1.38 bits per heavy atom. The van der Waals surface area contributed by atoms with Crippen LogP contribution in [-0.4, -0.2) is 32.3 Å². The summed E-state index contributed by atoms with van der Waals surface area (Å²) in [4.78, 5) is 27.5. The minimum absolute atomic E-state index is 0.128. The molecule has 6 heteroatoms. The molecule has 1 amide bonds. The number of carbonyl (C=O) groups is 1. The Bertz CT molecular complexity index is 682. The second-order valence-electron chi connectivity index (χ2n) is 5.61. The average Bonchev–Trinajstić information content (AvgIpc) is 3.05. The molecule has 3 heterocycles. The Labute approximate surface area is 123 Å². The number of aryl methyl sites for hydroxylation is 2. The quantitative estimate of drug-likeness (QED) is 0.846. The van der Waals surface area contributed by atoms with Gasteiger partial charge < -0.3 is 9.32 Å². The number of amides is 1. The zero-order valence-corrected chi connectivity index (χ0v) is 12.5. The highest BCUT2D eigenvalue weighted by atomic mass is 16.3. The summed E-state index contributed by atoms with van der Waals surface area (Å²) >= 11 is 0. The summed E-state index contributed by atoms with van der Waals surface area (Å²) < 4.78 is 5.15. The molecule has 1 fully saturated rings. The van der Waals surface area contributed by atoms with E-state index in [2.05, 4.69) is 15.0 Å². The first-order chi connectivity index (χ1) is 10.0. The topological polar surface area (TPSA) is 72.1 Å². The van der Waals surface area contributed by atoms with Crippen molar-refractivity contribution in [2.24, 2.45) is 0 Å². The molecule has 0 radical (unpaired) electrons. The predicted octanol–water partition coefficient (Wildman–Crippen LogP) is 2.23. The van der Waals surface area contributed by atoms with E-state index >= 15 is 0 Å². The van der Waals surface area contributed by atoms with Crippen LogP contribution < -0.4 is 0 Å². The van der Waals surface area contributed by atoms with E-state index in [1.165, 1.54) is 6.26 Å². The number of rotatable bonds is 2. The van der Waals surface area contributed by atoms with Gasteiger partial charge in [-0.25, -0.2) is 15.0 Å². The molecule has 2 aromatic rings. The molecule has 1 aliphatic rings. The first kappa shape index (κ1) is 13.7. The third kappa shape index (κ3) is 2.30. The van der Waals surface area contributed by atoms with E-state index in [1.807, 2.05) is 19.9 Å². The zero-order chi connectivity index (χ0) is 15.0. The molecule has 0 aliphatic carbocycles. The number of hydrogen-bond donors (Lipinski definition) is 0. The Morgan fingerprint density at radius 3 is 2.86 bits per heavy atom. The van der Waals surface area contributed by atoms with E-state index < -0.39 is 5.54 Å². The fourth-order valence-corrected chi connectivity index (χ4v) is 2.83. The van der Waals surface area contributed by atoms with E-state index in [4.69, 9.17) is 4.42 Å². The SMILES string of the molecule is Cc1ccnc([C@]2(C)CCCN2C(=O)c2coc(C)n2)n1. The van der Waals surface area contributed by atoms with Crippen molar-refractivity contribution in [1.82, 2.24) is 19.9 Å². The number of aromatic nitrogens is 3. The first-order valence-electron chi connectivity index (χ1n) is 7.05. The van der Waals surface area contributed by atoms with E-state index in [0.29, 0.717) is 24.0 Å². The van der Waals surface area contributed by atoms with Crippen LogP contribution in [0.15, 0.2) is 22.9 Å². The molecular weight excluding hydrogens is 268 g/mol. The molecule has 1 atom stereocenters. The van der Waals surface area contributed by atoms with Gasteiger partial charge in [0.25, 0.3) is 5.91 Å². The summed E-state index contributed by atoms with van der Waals surface area (Å²) in [5.41, 5.74) is 0.752. The van der Waals surface area contributed by atoms with Crippen molar-refractivity contribution in [3.05, 3.63) is 41.6 Å². The fraction of sp³-hybridized carbons (Fsp3) is 0.467. The smallest absolute Gasteiger partial charge is 0.276 e. The maximum Gasteiger partial charge on any atom is 0.276 e. The summed E-state index contributed by atoms with van der Waals surface area (Å²) in [6.07, 6.45) is 4.92. The molecule has 1 aliphatic heterocycles. The lowest BCUT2D eigenvalue weighted by atomic mass is 9.97. The minimum Gasteiger partial charge on any atom is -0.448 e. The largest absolute Gasteiger partial charge is 0.448 e. The lowest BCUT2D eigenvalue weighted by molar-refractivity contribution is 0.0597. The van der Waals surface area contributed by atoms with Gasteiger partial charge in [-0.05, 0) is 32.8 Å². The summed E-state index contributed by atoms with van der Waals surface area (Å²) in [5, 5.41) is 0. The summed E-state index contributed by atoms with van der Waals surface area (Å²) in [6, 6.07) is 1.86. The molecule has 1 saturated heterocycles. The van der Waals surface area contributed by atoms with Crippen LogP contribution >= 0.6 is 0 Å². The van der Waals surface area contributed by atoms with Gasteiger partial charge in [0, 0.05) is 25.4 Å². The summed E-state index contributed by atoms with van der Waals surface area (Å²) in [5.74, 6) is 1.05. The van der Waals surface area contributed by atoms with E-state index in [1.54, 1.807) is 18.0 Å². The van der Waals surface area contributed by atoms with Crippen molar-refractivity contribution in [2.75, 3.05) is 6.54 Å². The van der Waals surface area contributed by atoms with Crippen LogP contribution in [-0.2, 0) is 5.54 Å². The molecule has 0 unspecified atom stereocenters. The molecular formula is C15H18N4O2. The third-order valence-electron chi connectivity index (χ3n) is 4.00. The number of carbonyl (C=O) groups excluding carboxylic acids is 1. The lowest BCUT2D eigenvalue weighted by Crippen LogP contribution is -2.44. The Balaban J connectivity index is 1.96.